The fourth-order valence-corrected chi connectivity index (χ4v) is 4.10. The van der Waals surface area contributed by atoms with Crippen molar-refractivity contribution in [1.82, 2.24) is 14.9 Å². The van der Waals surface area contributed by atoms with Gasteiger partial charge in [0.05, 0.1) is 13.2 Å². The van der Waals surface area contributed by atoms with Gasteiger partial charge in [-0.3, -0.25) is 19.4 Å². The molecule has 3 heterocycles. The molecule has 0 saturated carbocycles. The Bertz CT molecular complexity index is 1280. The molecule has 1 fully saturated rings. The zero-order valence-corrected chi connectivity index (χ0v) is 18.0. The number of nitrogens with two attached hydrogens (primary N) is 1. The molecule has 0 radical (unpaired) electrons. The number of fused-ring (bicyclic) bond motifs is 1. The monoisotopic (exact) mass is 432 g/mol. The van der Waals surface area contributed by atoms with Crippen molar-refractivity contribution in [3.05, 3.63) is 69.9 Å². The van der Waals surface area contributed by atoms with Crippen LogP contribution in [0.15, 0.2) is 53.2 Å². The molecule has 1 amide bonds. The summed E-state index contributed by atoms with van der Waals surface area (Å²) in [5, 5.41) is 0.631. The Labute approximate surface area is 184 Å². The van der Waals surface area contributed by atoms with E-state index in [-0.39, 0.29) is 17.3 Å². The molecule has 8 heteroatoms. The quantitative estimate of drug-likeness (QED) is 0.611. The van der Waals surface area contributed by atoms with E-state index in [1.165, 1.54) is 6.92 Å². The SMILES string of the molecule is CC(=O)C(=C(C)N)c1ccc2[nH]c(=O)c(C(=O)N3CCOCC3)c(-c3cccnc3)c2c1. The molecule has 1 aliphatic rings. The van der Waals surface area contributed by atoms with E-state index in [2.05, 4.69) is 9.97 Å². The summed E-state index contributed by atoms with van der Waals surface area (Å²) in [6.45, 7) is 4.79. The summed E-state index contributed by atoms with van der Waals surface area (Å²) in [6.07, 6.45) is 3.25. The molecule has 1 saturated heterocycles. The van der Waals surface area contributed by atoms with Crippen LogP contribution in [-0.4, -0.2) is 52.9 Å². The van der Waals surface area contributed by atoms with Crippen LogP contribution in [0.25, 0.3) is 27.6 Å². The van der Waals surface area contributed by atoms with Gasteiger partial charge in [0.2, 0.25) is 0 Å². The van der Waals surface area contributed by atoms with Gasteiger partial charge >= 0.3 is 0 Å². The molecule has 3 aromatic rings. The van der Waals surface area contributed by atoms with Crippen LogP contribution in [0, 0.1) is 0 Å². The number of hydrogen-bond acceptors (Lipinski definition) is 6. The average molecular weight is 432 g/mol. The first-order valence-electron chi connectivity index (χ1n) is 10.3. The van der Waals surface area contributed by atoms with Gasteiger partial charge in [-0.15, -0.1) is 0 Å². The number of carbonyl (C=O) groups is 2. The molecule has 164 valence electrons. The lowest BCUT2D eigenvalue weighted by atomic mass is 9.92. The van der Waals surface area contributed by atoms with Gasteiger partial charge in [-0.2, -0.15) is 0 Å². The number of nitrogens with zero attached hydrogens (tertiary/aromatic N) is 2. The number of pyridine rings is 2. The van der Waals surface area contributed by atoms with Crippen molar-refractivity contribution in [1.29, 1.82) is 0 Å². The number of hydrogen-bond donors (Lipinski definition) is 2. The Balaban J connectivity index is 2.04. The molecule has 0 spiro atoms. The molecule has 32 heavy (non-hydrogen) atoms. The first-order valence-corrected chi connectivity index (χ1v) is 10.3. The zero-order valence-electron chi connectivity index (χ0n) is 18.0. The van der Waals surface area contributed by atoms with Crippen molar-refractivity contribution >= 4 is 28.2 Å². The van der Waals surface area contributed by atoms with Gasteiger partial charge < -0.3 is 20.4 Å². The number of carbonyl (C=O) groups excluding carboxylic acids is 2. The number of ketones is 1. The fraction of sp³-hybridized carbons (Fsp3) is 0.250. The molecular weight excluding hydrogens is 408 g/mol. The van der Waals surface area contributed by atoms with Crippen molar-refractivity contribution in [3.8, 4) is 11.1 Å². The lowest BCUT2D eigenvalue weighted by Gasteiger charge is -2.27. The highest BCUT2D eigenvalue weighted by Gasteiger charge is 2.27. The number of H-pyrrole nitrogens is 1. The third-order valence-electron chi connectivity index (χ3n) is 5.51. The first-order chi connectivity index (χ1) is 15.4. The van der Waals surface area contributed by atoms with Crippen molar-refractivity contribution in [3.63, 3.8) is 0 Å². The van der Waals surface area contributed by atoms with E-state index in [0.717, 1.165) is 0 Å². The van der Waals surface area contributed by atoms with Crippen molar-refractivity contribution < 1.29 is 14.3 Å². The van der Waals surface area contributed by atoms with Crippen LogP contribution in [0.4, 0.5) is 0 Å². The van der Waals surface area contributed by atoms with Crippen molar-refractivity contribution in [2.75, 3.05) is 26.3 Å². The molecule has 3 N–H and O–H groups in total. The standard InChI is InChI=1S/C24H24N4O4/c1-14(25)20(15(2)29)16-5-6-19-18(12-16)21(17-4-3-7-26-13-17)22(23(30)27-19)24(31)28-8-10-32-11-9-28/h3-7,12-13H,8-11,25H2,1-2H3,(H,27,30). The Morgan fingerprint density at radius 1 is 1.16 bits per heavy atom. The fourth-order valence-electron chi connectivity index (χ4n) is 4.10. The molecule has 4 rings (SSSR count). The third kappa shape index (κ3) is 3.92. The van der Waals surface area contributed by atoms with Gasteiger partial charge in [-0.1, -0.05) is 12.1 Å². The highest BCUT2D eigenvalue weighted by atomic mass is 16.5. The van der Waals surface area contributed by atoms with Crippen LogP contribution in [0.1, 0.15) is 29.8 Å². The van der Waals surface area contributed by atoms with Crippen molar-refractivity contribution in [2.24, 2.45) is 5.73 Å². The Morgan fingerprint density at radius 3 is 2.53 bits per heavy atom. The molecule has 0 atom stereocenters. The third-order valence-corrected chi connectivity index (χ3v) is 5.51. The van der Waals surface area contributed by atoms with E-state index in [9.17, 15) is 14.4 Å². The summed E-state index contributed by atoms with van der Waals surface area (Å²) in [4.78, 5) is 47.4. The van der Waals surface area contributed by atoms with E-state index < -0.39 is 5.56 Å². The second-order valence-corrected chi connectivity index (χ2v) is 7.72. The smallest absolute Gasteiger partial charge is 0.261 e. The van der Waals surface area contributed by atoms with Gasteiger partial charge in [0.1, 0.15) is 5.56 Å². The average Bonchev–Trinajstić information content (AvgIpc) is 2.78. The number of Topliss-reactive ketones (excluding diaryl/α,β-unsaturated/α-hetero) is 1. The van der Waals surface area contributed by atoms with Gasteiger partial charge in [-0.25, -0.2) is 0 Å². The molecular formula is C24H24N4O4. The normalized spacial score (nSPS) is 14.9. The predicted octanol–water partition coefficient (Wildman–Crippen LogP) is 2.34. The number of morpholine rings is 1. The van der Waals surface area contributed by atoms with Crippen LogP contribution in [0.3, 0.4) is 0 Å². The second-order valence-electron chi connectivity index (χ2n) is 7.72. The molecule has 0 unspecified atom stereocenters. The maximum atomic E-state index is 13.4. The lowest BCUT2D eigenvalue weighted by molar-refractivity contribution is -0.111. The topological polar surface area (TPSA) is 118 Å². The minimum atomic E-state index is -0.474. The lowest BCUT2D eigenvalue weighted by Crippen LogP contribution is -2.42. The Hall–Kier alpha value is -3.78. The molecule has 0 bridgehead atoms. The Kier molecular flexibility index (Phi) is 5.87. The zero-order chi connectivity index (χ0) is 22.8. The highest BCUT2D eigenvalue weighted by Crippen LogP contribution is 2.32. The summed E-state index contributed by atoms with van der Waals surface area (Å²) < 4.78 is 5.35. The van der Waals surface area contributed by atoms with Gasteiger partial charge in [-0.05, 0) is 37.6 Å². The van der Waals surface area contributed by atoms with E-state index in [0.29, 0.717) is 65.2 Å². The number of aromatic amines is 1. The van der Waals surface area contributed by atoms with Crippen LogP contribution >= 0.6 is 0 Å². The number of aromatic nitrogens is 2. The minimum absolute atomic E-state index is 0.0439. The molecule has 1 aromatic carbocycles. The van der Waals surface area contributed by atoms with E-state index in [1.807, 2.05) is 0 Å². The van der Waals surface area contributed by atoms with E-state index in [1.54, 1.807) is 54.5 Å². The molecule has 1 aliphatic heterocycles. The predicted molar refractivity (Wildman–Crippen MR) is 122 cm³/mol. The van der Waals surface area contributed by atoms with E-state index in [4.69, 9.17) is 10.5 Å². The van der Waals surface area contributed by atoms with Gasteiger partial charge in [0.25, 0.3) is 11.5 Å². The summed E-state index contributed by atoms with van der Waals surface area (Å²) in [5.41, 5.74) is 8.63. The van der Waals surface area contributed by atoms with Crippen LogP contribution < -0.4 is 11.3 Å². The van der Waals surface area contributed by atoms with E-state index >= 15 is 0 Å². The number of ether oxygens (including phenoxy) is 1. The van der Waals surface area contributed by atoms with Crippen LogP contribution in [-0.2, 0) is 9.53 Å². The highest BCUT2D eigenvalue weighted by molar-refractivity contribution is 6.21. The van der Waals surface area contributed by atoms with Crippen LogP contribution in [0.5, 0.6) is 0 Å². The Morgan fingerprint density at radius 2 is 1.91 bits per heavy atom. The number of rotatable bonds is 4. The number of nitrogens with one attached hydrogen (secondary N) is 1. The number of benzene rings is 1. The maximum absolute atomic E-state index is 13.4. The summed E-state index contributed by atoms with van der Waals surface area (Å²) in [6, 6.07) is 8.81. The number of amides is 1. The van der Waals surface area contributed by atoms with Crippen molar-refractivity contribution in [2.45, 2.75) is 13.8 Å². The molecule has 2 aromatic heterocycles. The largest absolute Gasteiger partial charge is 0.402 e. The van der Waals surface area contributed by atoms with Gasteiger partial charge in [0, 0.05) is 58.8 Å². The maximum Gasteiger partial charge on any atom is 0.261 e. The molecule has 8 nitrogen and oxygen atoms in total. The minimum Gasteiger partial charge on any atom is -0.402 e. The summed E-state index contributed by atoms with van der Waals surface area (Å²) in [5.74, 6) is -0.528. The summed E-state index contributed by atoms with van der Waals surface area (Å²) in [7, 11) is 0. The first kappa shape index (κ1) is 21.5. The second kappa shape index (κ2) is 8.76. The van der Waals surface area contributed by atoms with Crippen LogP contribution in [0.2, 0.25) is 0 Å². The van der Waals surface area contributed by atoms with Gasteiger partial charge in [0.15, 0.2) is 5.78 Å². The number of allylic oxidation sites excluding steroid dienone is 2. The molecule has 0 aliphatic carbocycles. The summed E-state index contributed by atoms with van der Waals surface area (Å²) >= 11 is 0.